The van der Waals surface area contributed by atoms with Crippen molar-refractivity contribution in [1.29, 1.82) is 0 Å². The van der Waals surface area contributed by atoms with Gasteiger partial charge in [0.05, 0.1) is 11.8 Å². The molecule has 2 rings (SSSR count). The Labute approximate surface area is 95.3 Å². The van der Waals surface area contributed by atoms with E-state index in [9.17, 15) is 13.6 Å². The van der Waals surface area contributed by atoms with E-state index in [0.29, 0.717) is 0 Å². The lowest BCUT2D eigenvalue weighted by Crippen LogP contribution is -2.15. The summed E-state index contributed by atoms with van der Waals surface area (Å²) in [6, 6.07) is 3.38. The van der Waals surface area contributed by atoms with Gasteiger partial charge in [-0.15, -0.1) is 0 Å². The van der Waals surface area contributed by atoms with Crippen molar-refractivity contribution in [2.75, 3.05) is 5.32 Å². The minimum Gasteiger partial charge on any atom is -0.305 e. The summed E-state index contributed by atoms with van der Waals surface area (Å²) >= 11 is 0. The zero-order valence-corrected chi connectivity index (χ0v) is 8.52. The molecule has 0 saturated heterocycles. The van der Waals surface area contributed by atoms with Gasteiger partial charge in [-0.2, -0.15) is 0 Å². The maximum atomic E-state index is 13.3. The monoisotopic (exact) mass is 235 g/mol. The maximum absolute atomic E-state index is 13.3. The largest absolute Gasteiger partial charge is 0.305 e. The van der Waals surface area contributed by atoms with Crippen molar-refractivity contribution in [3.63, 3.8) is 0 Å². The molecule has 0 atom stereocenters. The molecule has 86 valence electrons. The Kier molecular flexibility index (Phi) is 3.04. The standard InChI is InChI=1S/C11H7F2N3O/c12-8-3-1-2-7(10(8)13)11(17)16-9-6-14-4-5-15-9/h1-6H,(H,15,16,17). The lowest BCUT2D eigenvalue weighted by atomic mass is 10.2. The van der Waals surface area contributed by atoms with Crippen molar-refractivity contribution in [2.24, 2.45) is 0 Å². The molecule has 0 fully saturated rings. The molecule has 0 saturated carbocycles. The van der Waals surface area contributed by atoms with Crippen molar-refractivity contribution in [1.82, 2.24) is 9.97 Å². The van der Waals surface area contributed by atoms with Crippen LogP contribution in [0.15, 0.2) is 36.8 Å². The molecule has 1 aromatic carbocycles. The number of carbonyl (C=O) groups excluding carboxylic acids is 1. The number of rotatable bonds is 2. The minimum absolute atomic E-state index is 0.168. The number of carbonyl (C=O) groups is 1. The first-order valence-corrected chi connectivity index (χ1v) is 4.70. The molecule has 0 spiro atoms. The van der Waals surface area contributed by atoms with Gasteiger partial charge in [-0.3, -0.25) is 9.78 Å². The first-order valence-electron chi connectivity index (χ1n) is 4.70. The number of aromatic nitrogens is 2. The van der Waals surface area contributed by atoms with Gasteiger partial charge >= 0.3 is 0 Å². The molecule has 1 aromatic heterocycles. The second kappa shape index (κ2) is 4.65. The van der Waals surface area contributed by atoms with Crippen molar-refractivity contribution in [3.05, 3.63) is 54.0 Å². The number of benzene rings is 1. The topological polar surface area (TPSA) is 54.9 Å². The van der Waals surface area contributed by atoms with E-state index in [0.717, 1.165) is 6.07 Å². The summed E-state index contributed by atoms with van der Waals surface area (Å²) in [5.41, 5.74) is -0.379. The molecule has 0 aliphatic heterocycles. The number of nitrogens with zero attached hydrogens (tertiary/aromatic N) is 2. The SMILES string of the molecule is O=C(Nc1cnccn1)c1cccc(F)c1F. The van der Waals surface area contributed by atoms with Crippen LogP contribution in [0.25, 0.3) is 0 Å². The second-order valence-electron chi connectivity index (χ2n) is 3.15. The maximum Gasteiger partial charge on any atom is 0.259 e. The molecular weight excluding hydrogens is 228 g/mol. The number of anilines is 1. The molecular formula is C11H7F2N3O. The molecule has 0 aliphatic rings. The van der Waals surface area contributed by atoms with Gasteiger partial charge in [0.1, 0.15) is 0 Å². The number of halogens is 2. The second-order valence-corrected chi connectivity index (χ2v) is 3.15. The van der Waals surface area contributed by atoms with Crippen LogP contribution in [0.5, 0.6) is 0 Å². The van der Waals surface area contributed by atoms with Crippen LogP contribution in [-0.4, -0.2) is 15.9 Å². The van der Waals surface area contributed by atoms with E-state index >= 15 is 0 Å². The predicted molar refractivity (Wildman–Crippen MR) is 56.3 cm³/mol. The quantitative estimate of drug-likeness (QED) is 0.866. The highest BCUT2D eigenvalue weighted by Crippen LogP contribution is 2.12. The fourth-order valence-corrected chi connectivity index (χ4v) is 1.23. The molecule has 4 nitrogen and oxygen atoms in total. The van der Waals surface area contributed by atoms with Gasteiger partial charge < -0.3 is 5.32 Å². The zero-order chi connectivity index (χ0) is 12.3. The minimum atomic E-state index is -1.19. The average molecular weight is 235 g/mol. The van der Waals surface area contributed by atoms with Crippen LogP contribution in [0.4, 0.5) is 14.6 Å². The van der Waals surface area contributed by atoms with E-state index in [1.807, 2.05) is 0 Å². The number of amides is 1. The van der Waals surface area contributed by atoms with Gasteiger partial charge in [0.2, 0.25) is 0 Å². The van der Waals surface area contributed by atoms with Gasteiger partial charge in [0.15, 0.2) is 17.5 Å². The number of hydrogen-bond donors (Lipinski definition) is 1. The van der Waals surface area contributed by atoms with Crippen LogP contribution in [0.1, 0.15) is 10.4 Å². The molecule has 0 unspecified atom stereocenters. The molecule has 1 N–H and O–H groups in total. The summed E-state index contributed by atoms with van der Waals surface area (Å²) in [5.74, 6) is -2.87. The summed E-state index contributed by atoms with van der Waals surface area (Å²) in [5, 5.41) is 2.31. The first kappa shape index (κ1) is 11.1. The fourth-order valence-electron chi connectivity index (χ4n) is 1.23. The Morgan fingerprint density at radius 2 is 2.06 bits per heavy atom. The molecule has 17 heavy (non-hydrogen) atoms. The highest BCUT2D eigenvalue weighted by Gasteiger charge is 2.15. The van der Waals surface area contributed by atoms with E-state index in [1.165, 1.54) is 30.7 Å². The first-order chi connectivity index (χ1) is 8.18. The third-order valence-corrected chi connectivity index (χ3v) is 2.00. The van der Waals surface area contributed by atoms with Crippen molar-refractivity contribution in [3.8, 4) is 0 Å². The van der Waals surface area contributed by atoms with Crippen LogP contribution in [0.3, 0.4) is 0 Å². The highest BCUT2D eigenvalue weighted by atomic mass is 19.2. The third kappa shape index (κ3) is 2.41. The summed E-state index contributed by atoms with van der Waals surface area (Å²) in [6.07, 6.45) is 4.10. The van der Waals surface area contributed by atoms with Crippen LogP contribution < -0.4 is 5.32 Å². The Hall–Kier alpha value is -2.37. The number of hydrogen-bond acceptors (Lipinski definition) is 3. The molecule has 0 radical (unpaired) electrons. The van der Waals surface area contributed by atoms with E-state index in [1.54, 1.807) is 0 Å². The Morgan fingerprint density at radius 1 is 1.24 bits per heavy atom. The molecule has 1 heterocycles. The smallest absolute Gasteiger partial charge is 0.259 e. The van der Waals surface area contributed by atoms with E-state index in [2.05, 4.69) is 15.3 Å². The number of nitrogens with one attached hydrogen (secondary N) is 1. The summed E-state index contributed by atoms with van der Waals surface area (Å²) in [7, 11) is 0. The lowest BCUT2D eigenvalue weighted by Gasteiger charge is -2.04. The van der Waals surface area contributed by atoms with Crippen LogP contribution in [-0.2, 0) is 0 Å². The molecule has 0 aliphatic carbocycles. The highest BCUT2D eigenvalue weighted by molar-refractivity contribution is 6.03. The van der Waals surface area contributed by atoms with E-state index < -0.39 is 17.5 Å². The summed E-state index contributed by atoms with van der Waals surface area (Å²) in [4.78, 5) is 19.1. The van der Waals surface area contributed by atoms with Crippen LogP contribution in [0.2, 0.25) is 0 Å². The molecule has 1 amide bonds. The molecule has 6 heteroatoms. The van der Waals surface area contributed by atoms with E-state index in [4.69, 9.17) is 0 Å². The van der Waals surface area contributed by atoms with Gasteiger partial charge in [0, 0.05) is 12.4 Å². The van der Waals surface area contributed by atoms with Gasteiger partial charge in [-0.25, -0.2) is 13.8 Å². The van der Waals surface area contributed by atoms with Crippen molar-refractivity contribution in [2.45, 2.75) is 0 Å². The van der Waals surface area contributed by atoms with Crippen LogP contribution in [0, 0.1) is 11.6 Å². The predicted octanol–water partition coefficient (Wildman–Crippen LogP) is 2.01. The normalized spacial score (nSPS) is 10.0. The zero-order valence-electron chi connectivity index (χ0n) is 8.52. The fraction of sp³-hybridized carbons (Fsp3) is 0. The van der Waals surface area contributed by atoms with Crippen molar-refractivity contribution < 1.29 is 13.6 Å². The Bertz CT molecular complexity index is 546. The molecule has 0 bridgehead atoms. The Morgan fingerprint density at radius 3 is 2.76 bits per heavy atom. The van der Waals surface area contributed by atoms with Crippen LogP contribution >= 0.6 is 0 Å². The average Bonchev–Trinajstić information content (AvgIpc) is 2.34. The summed E-state index contributed by atoms with van der Waals surface area (Å²) in [6.45, 7) is 0. The van der Waals surface area contributed by atoms with Gasteiger partial charge in [0.25, 0.3) is 5.91 Å². The molecule has 2 aromatic rings. The lowest BCUT2D eigenvalue weighted by molar-refractivity contribution is 0.102. The van der Waals surface area contributed by atoms with Gasteiger partial charge in [-0.05, 0) is 12.1 Å². The Balaban J connectivity index is 2.24. The van der Waals surface area contributed by atoms with E-state index in [-0.39, 0.29) is 11.4 Å². The van der Waals surface area contributed by atoms with Gasteiger partial charge in [-0.1, -0.05) is 6.07 Å². The summed E-state index contributed by atoms with van der Waals surface area (Å²) < 4.78 is 26.2. The third-order valence-electron chi connectivity index (χ3n) is 2.00. The van der Waals surface area contributed by atoms with Crippen molar-refractivity contribution >= 4 is 11.7 Å².